The molecule has 1 amide bonds. The second-order valence-corrected chi connectivity index (χ2v) is 6.01. The van der Waals surface area contributed by atoms with Gasteiger partial charge in [0.1, 0.15) is 0 Å². The molecule has 0 saturated heterocycles. The van der Waals surface area contributed by atoms with Crippen LogP contribution in [0, 0.1) is 0 Å². The maximum atomic E-state index is 12.0. The van der Waals surface area contributed by atoms with Gasteiger partial charge in [0.2, 0.25) is 11.8 Å². The smallest absolute Gasteiger partial charge is 0.277 e. The number of amides is 1. The Morgan fingerprint density at radius 1 is 1.30 bits per heavy atom. The second kappa shape index (κ2) is 6.91. The molecule has 0 aliphatic heterocycles. The fourth-order valence-corrected chi connectivity index (χ4v) is 2.58. The molecule has 3 rings (SSSR count). The van der Waals surface area contributed by atoms with E-state index in [1.165, 1.54) is 11.8 Å². The van der Waals surface area contributed by atoms with Gasteiger partial charge >= 0.3 is 0 Å². The van der Waals surface area contributed by atoms with Crippen molar-refractivity contribution in [2.75, 3.05) is 25.3 Å². The molecule has 7 nitrogen and oxygen atoms in total. The van der Waals surface area contributed by atoms with Crippen molar-refractivity contribution in [3.8, 4) is 11.5 Å². The van der Waals surface area contributed by atoms with Crippen molar-refractivity contribution >= 4 is 23.4 Å². The number of carbonyl (C=O) groups excluding carboxylic acids is 1. The van der Waals surface area contributed by atoms with E-state index >= 15 is 0 Å². The van der Waals surface area contributed by atoms with Crippen molar-refractivity contribution in [2.45, 2.75) is 24.0 Å². The molecular weight excluding hydrogens is 318 g/mol. The number of anilines is 1. The normalized spacial score (nSPS) is 13.7. The van der Waals surface area contributed by atoms with E-state index in [-0.39, 0.29) is 11.7 Å². The number of rotatable bonds is 7. The fourth-order valence-electron chi connectivity index (χ4n) is 2.01. The van der Waals surface area contributed by atoms with E-state index < -0.39 is 0 Å². The average Bonchev–Trinajstić information content (AvgIpc) is 3.31. The van der Waals surface area contributed by atoms with Crippen LogP contribution in [0.15, 0.2) is 27.8 Å². The lowest BCUT2D eigenvalue weighted by Gasteiger charge is -2.10. The van der Waals surface area contributed by atoms with Crippen molar-refractivity contribution in [1.82, 2.24) is 10.2 Å². The summed E-state index contributed by atoms with van der Waals surface area (Å²) in [5.41, 5.74) is 0.637. The topological polar surface area (TPSA) is 86.5 Å². The minimum absolute atomic E-state index is 0.159. The predicted molar refractivity (Wildman–Crippen MR) is 85.2 cm³/mol. The molecule has 1 heterocycles. The number of methoxy groups -OCH3 is 2. The monoisotopic (exact) mass is 335 g/mol. The molecule has 122 valence electrons. The number of benzene rings is 1. The molecule has 1 aliphatic rings. The zero-order valence-corrected chi connectivity index (χ0v) is 13.7. The van der Waals surface area contributed by atoms with E-state index in [2.05, 4.69) is 15.5 Å². The molecule has 0 atom stereocenters. The molecule has 1 aliphatic carbocycles. The first kappa shape index (κ1) is 15.7. The zero-order chi connectivity index (χ0) is 16.2. The van der Waals surface area contributed by atoms with Crippen LogP contribution in [-0.2, 0) is 4.79 Å². The number of nitrogens with one attached hydrogen (secondary N) is 1. The van der Waals surface area contributed by atoms with Crippen LogP contribution < -0.4 is 14.8 Å². The van der Waals surface area contributed by atoms with E-state index in [4.69, 9.17) is 13.9 Å². The average molecular weight is 335 g/mol. The minimum Gasteiger partial charge on any atom is -0.493 e. The number of thioether (sulfide) groups is 1. The van der Waals surface area contributed by atoms with Crippen LogP contribution in [0.1, 0.15) is 24.7 Å². The lowest BCUT2D eigenvalue weighted by Crippen LogP contribution is -2.14. The third kappa shape index (κ3) is 3.95. The van der Waals surface area contributed by atoms with Gasteiger partial charge in [-0.15, -0.1) is 10.2 Å². The van der Waals surface area contributed by atoms with Gasteiger partial charge < -0.3 is 19.2 Å². The van der Waals surface area contributed by atoms with E-state index in [0.29, 0.717) is 34.2 Å². The number of hydrogen-bond acceptors (Lipinski definition) is 7. The summed E-state index contributed by atoms with van der Waals surface area (Å²) >= 11 is 1.22. The SMILES string of the molecule is COc1ccc(NC(=O)CSc2nnc(C3CC3)o2)cc1OC. The number of carbonyl (C=O) groups is 1. The standard InChI is InChI=1S/C15H17N3O4S/c1-20-11-6-5-10(7-12(11)21-2)16-13(19)8-23-15-18-17-14(22-15)9-3-4-9/h5-7,9H,3-4,8H2,1-2H3,(H,16,19). The fraction of sp³-hybridized carbons (Fsp3) is 0.400. The lowest BCUT2D eigenvalue weighted by molar-refractivity contribution is -0.113. The Kier molecular flexibility index (Phi) is 4.71. The van der Waals surface area contributed by atoms with Gasteiger partial charge in [0.15, 0.2) is 11.5 Å². The van der Waals surface area contributed by atoms with Gasteiger partial charge in [0.05, 0.1) is 20.0 Å². The Morgan fingerprint density at radius 2 is 2.09 bits per heavy atom. The third-order valence-electron chi connectivity index (χ3n) is 3.34. The molecular formula is C15H17N3O4S. The second-order valence-electron chi connectivity index (χ2n) is 5.09. The van der Waals surface area contributed by atoms with Gasteiger partial charge in [0.25, 0.3) is 5.22 Å². The highest BCUT2D eigenvalue weighted by Crippen LogP contribution is 2.39. The number of nitrogens with zero attached hydrogens (tertiary/aromatic N) is 2. The van der Waals surface area contributed by atoms with Crippen molar-refractivity contribution in [3.63, 3.8) is 0 Å². The van der Waals surface area contributed by atoms with Gasteiger partial charge in [-0.3, -0.25) is 4.79 Å². The quantitative estimate of drug-likeness (QED) is 0.778. The van der Waals surface area contributed by atoms with Gasteiger partial charge in [-0.25, -0.2) is 0 Å². The van der Waals surface area contributed by atoms with E-state index in [1.54, 1.807) is 32.4 Å². The maximum Gasteiger partial charge on any atom is 0.277 e. The van der Waals surface area contributed by atoms with Gasteiger partial charge in [-0.05, 0) is 25.0 Å². The first-order valence-electron chi connectivity index (χ1n) is 7.17. The third-order valence-corrected chi connectivity index (χ3v) is 4.16. The molecule has 8 heteroatoms. The van der Waals surface area contributed by atoms with Crippen molar-refractivity contribution in [1.29, 1.82) is 0 Å². The first-order chi connectivity index (χ1) is 11.2. The highest BCUT2D eigenvalue weighted by molar-refractivity contribution is 7.99. The van der Waals surface area contributed by atoms with Crippen molar-refractivity contribution in [3.05, 3.63) is 24.1 Å². The first-order valence-corrected chi connectivity index (χ1v) is 8.16. The molecule has 2 aromatic rings. The minimum atomic E-state index is -0.159. The Labute approximate surface area is 137 Å². The van der Waals surface area contributed by atoms with Gasteiger partial charge in [-0.1, -0.05) is 11.8 Å². The van der Waals surface area contributed by atoms with E-state index in [9.17, 15) is 4.79 Å². The number of aromatic nitrogens is 2. The molecule has 1 N–H and O–H groups in total. The molecule has 0 radical (unpaired) electrons. The molecule has 1 fully saturated rings. The van der Waals surface area contributed by atoms with Gasteiger partial charge in [-0.2, -0.15) is 0 Å². The Hall–Kier alpha value is -2.22. The zero-order valence-electron chi connectivity index (χ0n) is 12.9. The lowest BCUT2D eigenvalue weighted by atomic mass is 10.2. The van der Waals surface area contributed by atoms with Crippen LogP contribution in [0.2, 0.25) is 0 Å². The Balaban J connectivity index is 1.54. The van der Waals surface area contributed by atoms with Crippen LogP contribution in [-0.4, -0.2) is 36.1 Å². The van der Waals surface area contributed by atoms with Crippen LogP contribution in [0.4, 0.5) is 5.69 Å². The number of ether oxygens (including phenoxy) is 2. The van der Waals surface area contributed by atoms with Gasteiger partial charge in [0, 0.05) is 17.7 Å². The van der Waals surface area contributed by atoms with E-state index in [1.807, 2.05) is 0 Å². The summed E-state index contributed by atoms with van der Waals surface area (Å²) in [6.07, 6.45) is 2.21. The van der Waals surface area contributed by atoms with Crippen LogP contribution in [0.5, 0.6) is 11.5 Å². The summed E-state index contributed by atoms with van der Waals surface area (Å²) in [7, 11) is 3.11. The summed E-state index contributed by atoms with van der Waals surface area (Å²) in [6.45, 7) is 0. The summed E-state index contributed by atoms with van der Waals surface area (Å²) in [6, 6.07) is 5.20. The molecule has 0 unspecified atom stereocenters. The largest absolute Gasteiger partial charge is 0.493 e. The predicted octanol–water partition coefficient (Wildman–Crippen LogP) is 2.70. The van der Waals surface area contributed by atoms with Crippen molar-refractivity contribution < 1.29 is 18.7 Å². The summed E-state index contributed by atoms with van der Waals surface area (Å²) in [5, 5.41) is 11.1. The highest BCUT2D eigenvalue weighted by Gasteiger charge is 2.29. The molecule has 0 spiro atoms. The van der Waals surface area contributed by atoms with Crippen LogP contribution in [0.25, 0.3) is 0 Å². The molecule has 1 saturated carbocycles. The summed E-state index contributed by atoms with van der Waals surface area (Å²) < 4.78 is 15.9. The number of hydrogen-bond donors (Lipinski definition) is 1. The molecule has 0 bridgehead atoms. The summed E-state index contributed by atoms with van der Waals surface area (Å²) in [4.78, 5) is 12.0. The molecule has 23 heavy (non-hydrogen) atoms. The van der Waals surface area contributed by atoms with Crippen LogP contribution in [0.3, 0.4) is 0 Å². The van der Waals surface area contributed by atoms with Crippen molar-refractivity contribution in [2.24, 2.45) is 0 Å². The van der Waals surface area contributed by atoms with Crippen LogP contribution >= 0.6 is 11.8 Å². The Morgan fingerprint density at radius 3 is 2.78 bits per heavy atom. The molecule has 1 aromatic carbocycles. The Bertz CT molecular complexity index is 700. The van der Waals surface area contributed by atoms with E-state index in [0.717, 1.165) is 12.8 Å². The summed E-state index contributed by atoms with van der Waals surface area (Å²) in [5.74, 6) is 2.29. The maximum absolute atomic E-state index is 12.0. The highest BCUT2D eigenvalue weighted by atomic mass is 32.2. The molecule has 1 aromatic heterocycles.